The quantitative estimate of drug-likeness (QED) is 0.705. The van der Waals surface area contributed by atoms with Crippen LogP contribution >= 0.6 is 0 Å². The molecule has 1 aliphatic rings. The topological polar surface area (TPSA) is 54.5 Å². The Morgan fingerprint density at radius 1 is 1.12 bits per heavy atom. The minimum Gasteiger partial charge on any atom is -0.406 e. The van der Waals surface area contributed by atoms with Gasteiger partial charge in [0.1, 0.15) is 0 Å². The molecular formula is C20H24N4O2. The third-order valence-electron chi connectivity index (χ3n) is 5.11. The van der Waals surface area contributed by atoms with Gasteiger partial charge in [-0.05, 0) is 43.1 Å². The van der Waals surface area contributed by atoms with Crippen LogP contribution in [0.3, 0.4) is 0 Å². The van der Waals surface area contributed by atoms with Crippen LogP contribution in [-0.2, 0) is 13.5 Å². The first-order chi connectivity index (χ1) is 12.7. The van der Waals surface area contributed by atoms with Crippen molar-refractivity contribution in [3.63, 3.8) is 0 Å². The summed E-state index contributed by atoms with van der Waals surface area (Å²) >= 11 is 0. The highest BCUT2D eigenvalue weighted by Gasteiger charge is 2.16. The third-order valence-corrected chi connectivity index (χ3v) is 5.11. The van der Waals surface area contributed by atoms with Crippen LogP contribution < -0.4 is 10.7 Å². The van der Waals surface area contributed by atoms with Crippen molar-refractivity contribution in [2.24, 2.45) is 7.05 Å². The average molecular weight is 352 g/mol. The van der Waals surface area contributed by atoms with Gasteiger partial charge < -0.3 is 9.32 Å². The summed E-state index contributed by atoms with van der Waals surface area (Å²) in [4.78, 5) is 20.9. The maximum Gasteiger partial charge on any atom is 0.420 e. The summed E-state index contributed by atoms with van der Waals surface area (Å²) in [5.41, 5.74) is 3.62. The molecule has 0 N–H and O–H groups in total. The molecule has 26 heavy (non-hydrogen) atoms. The summed E-state index contributed by atoms with van der Waals surface area (Å²) < 4.78 is 6.65. The van der Waals surface area contributed by atoms with Crippen LogP contribution in [-0.4, -0.2) is 47.2 Å². The van der Waals surface area contributed by atoms with Crippen molar-refractivity contribution in [3.05, 3.63) is 58.7 Å². The molecule has 1 aliphatic heterocycles. The van der Waals surface area contributed by atoms with E-state index in [-0.39, 0.29) is 5.76 Å². The number of hydrogen-bond acceptors (Lipinski definition) is 5. The van der Waals surface area contributed by atoms with Crippen LogP contribution in [0.1, 0.15) is 12.0 Å². The second-order valence-electron chi connectivity index (χ2n) is 6.86. The second kappa shape index (κ2) is 7.33. The molecule has 136 valence electrons. The van der Waals surface area contributed by atoms with Crippen molar-refractivity contribution in [2.45, 2.75) is 12.8 Å². The number of nitrogens with zero attached hydrogens (tertiary/aromatic N) is 4. The number of pyridine rings is 1. The summed E-state index contributed by atoms with van der Waals surface area (Å²) in [5.74, 6) is -0.360. The van der Waals surface area contributed by atoms with E-state index in [1.807, 2.05) is 12.3 Å². The molecular weight excluding hydrogens is 328 g/mol. The minimum absolute atomic E-state index is 0.360. The number of para-hydroxylation sites is 1. The Hall–Kier alpha value is -2.60. The second-order valence-corrected chi connectivity index (χ2v) is 6.86. The molecule has 0 radical (unpaired) electrons. The van der Waals surface area contributed by atoms with Gasteiger partial charge in [-0.1, -0.05) is 18.2 Å². The fourth-order valence-corrected chi connectivity index (χ4v) is 3.57. The zero-order chi connectivity index (χ0) is 17.9. The number of oxazole rings is 1. The molecule has 3 aromatic rings. The average Bonchev–Trinajstić information content (AvgIpc) is 2.96. The molecule has 0 unspecified atom stereocenters. The van der Waals surface area contributed by atoms with E-state index in [2.05, 4.69) is 45.1 Å². The minimum atomic E-state index is -0.360. The van der Waals surface area contributed by atoms with E-state index in [1.54, 1.807) is 7.05 Å². The summed E-state index contributed by atoms with van der Waals surface area (Å²) in [6, 6.07) is 12.6. The van der Waals surface area contributed by atoms with E-state index in [1.165, 1.54) is 10.3 Å². The number of fused-ring (bicyclic) bond motifs is 1. The molecule has 0 saturated carbocycles. The molecule has 1 fully saturated rings. The Morgan fingerprint density at radius 2 is 1.88 bits per heavy atom. The number of anilines is 1. The van der Waals surface area contributed by atoms with E-state index in [4.69, 9.17) is 4.42 Å². The molecule has 0 bridgehead atoms. The lowest BCUT2D eigenvalue weighted by Gasteiger charge is -2.36. The van der Waals surface area contributed by atoms with Crippen molar-refractivity contribution in [2.75, 3.05) is 37.6 Å². The molecule has 6 nitrogen and oxygen atoms in total. The summed E-state index contributed by atoms with van der Waals surface area (Å²) in [6.45, 7) is 5.43. The lowest BCUT2D eigenvalue weighted by Crippen LogP contribution is -2.46. The van der Waals surface area contributed by atoms with Crippen molar-refractivity contribution in [1.29, 1.82) is 0 Å². The predicted molar refractivity (Wildman–Crippen MR) is 103 cm³/mol. The largest absolute Gasteiger partial charge is 0.420 e. The Morgan fingerprint density at radius 3 is 2.65 bits per heavy atom. The number of aryl methyl sites for hydroxylation is 2. The molecule has 1 aromatic carbocycles. The van der Waals surface area contributed by atoms with Gasteiger partial charge in [0.2, 0.25) is 0 Å². The normalized spacial score (nSPS) is 15.7. The fourth-order valence-electron chi connectivity index (χ4n) is 3.57. The molecule has 0 spiro atoms. The van der Waals surface area contributed by atoms with Crippen LogP contribution in [0, 0.1) is 0 Å². The van der Waals surface area contributed by atoms with E-state index >= 15 is 0 Å². The van der Waals surface area contributed by atoms with Crippen molar-refractivity contribution >= 4 is 16.9 Å². The number of benzene rings is 1. The first-order valence-corrected chi connectivity index (χ1v) is 9.17. The highest BCUT2D eigenvalue weighted by molar-refractivity contribution is 5.68. The summed E-state index contributed by atoms with van der Waals surface area (Å²) in [5, 5.41) is 0. The first-order valence-electron chi connectivity index (χ1n) is 9.17. The number of rotatable bonds is 5. The zero-order valence-corrected chi connectivity index (χ0v) is 15.1. The van der Waals surface area contributed by atoms with E-state index in [9.17, 15) is 4.79 Å². The van der Waals surface area contributed by atoms with Gasteiger partial charge in [-0.15, -0.1) is 0 Å². The van der Waals surface area contributed by atoms with Crippen LogP contribution in [0.15, 0.2) is 51.8 Å². The number of piperazine rings is 1. The van der Waals surface area contributed by atoms with E-state index in [0.717, 1.165) is 51.1 Å². The Labute approximate surface area is 152 Å². The molecule has 2 aromatic heterocycles. The maximum absolute atomic E-state index is 11.5. The van der Waals surface area contributed by atoms with Crippen LogP contribution in [0.4, 0.5) is 5.69 Å². The number of aromatic nitrogens is 2. The molecule has 0 amide bonds. The first kappa shape index (κ1) is 16.8. The molecule has 4 rings (SSSR count). The lowest BCUT2D eigenvalue weighted by molar-refractivity contribution is 0.255. The fraction of sp³-hybridized carbons (Fsp3) is 0.400. The van der Waals surface area contributed by atoms with Crippen molar-refractivity contribution in [1.82, 2.24) is 14.5 Å². The highest BCUT2D eigenvalue weighted by Crippen LogP contribution is 2.16. The van der Waals surface area contributed by atoms with Gasteiger partial charge in [-0.25, -0.2) is 9.78 Å². The standard InChI is InChI=1S/C20H24N4O2/c1-22-19-18(26-20(22)25)14-16(15-21-19)6-5-9-23-10-12-24(13-11-23)17-7-3-2-4-8-17/h2-4,7-8,14-15H,5-6,9-13H2,1H3. The van der Waals surface area contributed by atoms with E-state index in [0.29, 0.717) is 11.2 Å². The van der Waals surface area contributed by atoms with Crippen LogP contribution in [0.25, 0.3) is 11.2 Å². The highest BCUT2D eigenvalue weighted by atomic mass is 16.4. The monoisotopic (exact) mass is 352 g/mol. The van der Waals surface area contributed by atoms with Gasteiger partial charge in [-0.2, -0.15) is 0 Å². The third kappa shape index (κ3) is 3.51. The Kier molecular flexibility index (Phi) is 4.75. The number of hydrogen-bond donors (Lipinski definition) is 0. The molecule has 3 heterocycles. The maximum atomic E-state index is 11.5. The van der Waals surface area contributed by atoms with Gasteiger partial charge in [0.05, 0.1) is 0 Å². The van der Waals surface area contributed by atoms with Gasteiger partial charge >= 0.3 is 5.76 Å². The van der Waals surface area contributed by atoms with Gasteiger partial charge in [-0.3, -0.25) is 9.47 Å². The van der Waals surface area contributed by atoms with Crippen molar-refractivity contribution < 1.29 is 4.42 Å². The van der Waals surface area contributed by atoms with Gasteiger partial charge in [0.15, 0.2) is 11.2 Å². The SMILES string of the molecule is Cn1c(=O)oc2cc(CCCN3CCN(c4ccccc4)CC3)cnc21. The van der Waals surface area contributed by atoms with E-state index < -0.39 is 0 Å². The summed E-state index contributed by atoms with van der Waals surface area (Å²) in [7, 11) is 1.68. The van der Waals surface area contributed by atoms with Crippen LogP contribution in [0.2, 0.25) is 0 Å². The predicted octanol–water partition coefficient (Wildman–Crippen LogP) is 2.28. The molecule has 0 aliphatic carbocycles. The van der Waals surface area contributed by atoms with Gasteiger partial charge in [0.25, 0.3) is 0 Å². The van der Waals surface area contributed by atoms with Crippen LogP contribution in [0.5, 0.6) is 0 Å². The van der Waals surface area contributed by atoms with Gasteiger partial charge in [0, 0.05) is 45.1 Å². The smallest absolute Gasteiger partial charge is 0.406 e. The molecule has 0 atom stereocenters. The zero-order valence-electron chi connectivity index (χ0n) is 15.1. The Bertz CT molecular complexity index is 924. The summed E-state index contributed by atoms with van der Waals surface area (Å²) in [6.07, 6.45) is 3.88. The molecule has 6 heteroatoms. The van der Waals surface area contributed by atoms with Crippen molar-refractivity contribution in [3.8, 4) is 0 Å². The Balaban J connectivity index is 1.27. The molecule has 1 saturated heterocycles. The lowest BCUT2D eigenvalue weighted by atomic mass is 10.1.